The SMILES string of the molecule is CCN1C(=O)N/C(=C\c2ccc(-c3ccc(Cl)cc3Cl)o2)C1=O. The summed E-state index contributed by atoms with van der Waals surface area (Å²) in [6.45, 7) is 2.04. The summed E-state index contributed by atoms with van der Waals surface area (Å²) in [5.74, 6) is 0.607. The lowest BCUT2D eigenvalue weighted by Crippen LogP contribution is -2.30. The van der Waals surface area contributed by atoms with Crippen molar-refractivity contribution in [2.75, 3.05) is 6.54 Å². The number of imide groups is 1. The molecule has 0 unspecified atom stereocenters. The molecule has 0 aliphatic carbocycles. The summed E-state index contributed by atoms with van der Waals surface area (Å²) in [5.41, 5.74) is 0.873. The van der Waals surface area contributed by atoms with E-state index in [-0.39, 0.29) is 11.6 Å². The second-order valence-corrected chi connectivity index (χ2v) is 5.71. The number of benzene rings is 1. The lowest BCUT2D eigenvalue weighted by atomic mass is 10.2. The number of hydrogen-bond acceptors (Lipinski definition) is 3. The Hall–Kier alpha value is -2.24. The van der Waals surface area contributed by atoms with Crippen molar-refractivity contribution in [2.24, 2.45) is 0 Å². The molecule has 0 saturated carbocycles. The first-order chi connectivity index (χ1) is 11.0. The van der Waals surface area contributed by atoms with Crippen molar-refractivity contribution in [3.63, 3.8) is 0 Å². The molecule has 2 heterocycles. The van der Waals surface area contributed by atoms with Gasteiger partial charge in [0, 0.05) is 23.2 Å². The molecular formula is C16H12Cl2N2O3. The summed E-state index contributed by atoms with van der Waals surface area (Å²) in [6, 6.07) is 8.09. The van der Waals surface area contributed by atoms with Gasteiger partial charge in [0.25, 0.3) is 5.91 Å². The minimum absolute atomic E-state index is 0.181. The maximum absolute atomic E-state index is 12.0. The molecule has 5 nitrogen and oxygen atoms in total. The lowest BCUT2D eigenvalue weighted by Gasteiger charge is -2.05. The highest BCUT2D eigenvalue weighted by Gasteiger charge is 2.32. The van der Waals surface area contributed by atoms with Gasteiger partial charge in [0.05, 0.1) is 5.02 Å². The summed E-state index contributed by atoms with van der Waals surface area (Å²) < 4.78 is 5.68. The highest BCUT2D eigenvalue weighted by Crippen LogP contribution is 2.32. The molecule has 1 aliphatic heterocycles. The fraction of sp³-hybridized carbons (Fsp3) is 0.125. The van der Waals surface area contributed by atoms with Crippen molar-refractivity contribution >= 4 is 41.2 Å². The number of urea groups is 1. The van der Waals surface area contributed by atoms with Crippen LogP contribution in [0.15, 0.2) is 40.4 Å². The summed E-state index contributed by atoms with van der Waals surface area (Å²) in [4.78, 5) is 24.7. The minimum atomic E-state index is -0.434. The molecule has 1 aromatic heterocycles. The van der Waals surface area contributed by atoms with Gasteiger partial charge in [0.15, 0.2) is 0 Å². The van der Waals surface area contributed by atoms with E-state index in [2.05, 4.69) is 5.32 Å². The quantitative estimate of drug-likeness (QED) is 0.667. The first-order valence-corrected chi connectivity index (χ1v) is 7.65. The standard InChI is InChI=1S/C16H12Cl2N2O3/c1-2-20-15(21)13(19-16(20)22)8-10-4-6-14(23-10)11-5-3-9(17)7-12(11)18/h3-8H,2H2,1H3,(H,19,22)/b13-8-. The fourth-order valence-electron chi connectivity index (χ4n) is 2.27. The summed E-state index contributed by atoms with van der Waals surface area (Å²) in [6.07, 6.45) is 1.49. The van der Waals surface area contributed by atoms with Gasteiger partial charge in [0.1, 0.15) is 17.2 Å². The molecule has 0 atom stereocenters. The Bertz CT molecular complexity index is 826. The van der Waals surface area contributed by atoms with Crippen molar-refractivity contribution in [3.05, 3.63) is 51.8 Å². The van der Waals surface area contributed by atoms with Crippen LogP contribution >= 0.6 is 23.2 Å². The molecule has 0 bridgehead atoms. The average molecular weight is 351 g/mol. The molecule has 7 heteroatoms. The number of furan rings is 1. The Kier molecular flexibility index (Phi) is 4.15. The monoisotopic (exact) mass is 350 g/mol. The highest BCUT2D eigenvalue weighted by molar-refractivity contribution is 6.36. The normalized spacial score (nSPS) is 16.3. The van der Waals surface area contributed by atoms with Crippen LogP contribution in [0.5, 0.6) is 0 Å². The van der Waals surface area contributed by atoms with Crippen LogP contribution in [0, 0.1) is 0 Å². The van der Waals surface area contributed by atoms with Gasteiger partial charge in [-0.2, -0.15) is 0 Å². The number of likely N-dealkylation sites (N-methyl/N-ethyl adjacent to an activating group) is 1. The van der Waals surface area contributed by atoms with E-state index in [0.29, 0.717) is 33.7 Å². The molecule has 1 N–H and O–H groups in total. The van der Waals surface area contributed by atoms with Crippen molar-refractivity contribution in [1.29, 1.82) is 0 Å². The van der Waals surface area contributed by atoms with Gasteiger partial charge < -0.3 is 9.73 Å². The number of carbonyl (C=O) groups excluding carboxylic acids is 2. The van der Waals surface area contributed by atoms with E-state index in [9.17, 15) is 9.59 Å². The first-order valence-electron chi connectivity index (χ1n) is 6.89. The van der Waals surface area contributed by atoms with E-state index in [1.54, 1.807) is 37.3 Å². The Morgan fingerprint density at radius 2 is 2.00 bits per heavy atom. The Morgan fingerprint density at radius 1 is 1.22 bits per heavy atom. The molecule has 1 fully saturated rings. The van der Waals surface area contributed by atoms with Gasteiger partial charge in [-0.3, -0.25) is 9.69 Å². The Labute approximate surface area is 142 Å². The molecule has 1 aromatic carbocycles. The van der Waals surface area contributed by atoms with Crippen LogP contribution < -0.4 is 5.32 Å². The summed E-state index contributed by atoms with van der Waals surface area (Å²) >= 11 is 12.0. The Balaban J connectivity index is 1.90. The number of carbonyl (C=O) groups is 2. The fourth-order valence-corrected chi connectivity index (χ4v) is 2.77. The maximum atomic E-state index is 12.0. The maximum Gasteiger partial charge on any atom is 0.328 e. The first kappa shape index (κ1) is 15.6. The van der Waals surface area contributed by atoms with E-state index in [4.69, 9.17) is 27.6 Å². The topological polar surface area (TPSA) is 62.6 Å². The van der Waals surface area contributed by atoms with Gasteiger partial charge in [-0.15, -0.1) is 0 Å². The molecule has 3 amide bonds. The molecule has 3 rings (SSSR count). The van der Waals surface area contributed by atoms with Crippen LogP contribution in [0.25, 0.3) is 17.4 Å². The minimum Gasteiger partial charge on any atom is -0.457 e. The predicted molar refractivity (Wildman–Crippen MR) is 88.1 cm³/mol. The number of amides is 3. The van der Waals surface area contributed by atoms with Gasteiger partial charge in [-0.25, -0.2) is 4.79 Å². The summed E-state index contributed by atoms with van der Waals surface area (Å²) in [7, 11) is 0. The zero-order valence-electron chi connectivity index (χ0n) is 12.1. The number of nitrogens with one attached hydrogen (secondary N) is 1. The Morgan fingerprint density at radius 3 is 2.65 bits per heavy atom. The second kappa shape index (κ2) is 6.10. The van der Waals surface area contributed by atoms with Crippen LogP contribution in [-0.2, 0) is 4.79 Å². The van der Waals surface area contributed by atoms with Crippen LogP contribution in [-0.4, -0.2) is 23.4 Å². The zero-order chi connectivity index (χ0) is 16.6. The van der Waals surface area contributed by atoms with E-state index in [1.807, 2.05) is 0 Å². The smallest absolute Gasteiger partial charge is 0.328 e. The predicted octanol–water partition coefficient (Wildman–Crippen LogP) is 4.17. The molecule has 118 valence electrons. The van der Waals surface area contributed by atoms with E-state index in [0.717, 1.165) is 4.90 Å². The van der Waals surface area contributed by atoms with Gasteiger partial charge in [0.2, 0.25) is 0 Å². The second-order valence-electron chi connectivity index (χ2n) is 4.86. The third-order valence-corrected chi connectivity index (χ3v) is 3.94. The highest BCUT2D eigenvalue weighted by atomic mass is 35.5. The van der Waals surface area contributed by atoms with Crippen molar-refractivity contribution in [1.82, 2.24) is 10.2 Å². The van der Waals surface area contributed by atoms with Crippen molar-refractivity contribution < 1.29 is 14.0 Å². The number of halogens is 2. The molecule has 0 spiro atoms. The van der Waals surface area contributed by atoms with Gasteiger partial charge >= 0.3 is 6.03 Å². The summed E-state index contributed by atoms with van der Waals surface area (Å²) in [5, 5.41) is 3.52. The van der Waals surface area contributed by atoms with Crippen LogP contribution in [0.2, 0.25) is 10.0 Å². The molecule has 23 heavy (non-hydrogen) atoms. The number of nitrogens with zero attached hydrogens (tertiary/aromatic N) is 1. The van der Waals surface area contributed by atoms with Crippen molar-refractivity contribution in [3.8, 4) is 11.3 Å². The van der Waals surface area contributed by atoms with Crippen molar-refractivity contribution in [2.45, 2.75) is 6.92 Å². The molecular weight excluding hydrogens is 339 g/mol. The molecule has 0 radical (unpaired) electrons. The molecule has 1 aliphatic rings. The number of hydrogen-bond donors (Lipinski definition) is 1. The zero-order valence-corrected chi connectivity index (χ0v) is 13.6. The third kappa shape index (κ3) is 2.98. The van der Waals surface area contributed by atoms with E-state index >= 15 is 0 Å². The van der Waals surface area contributed by atoms with E-state index < -0.39 is 6.03 Å². The third-order valence-electron chi connectivity index (χ3n) is 3.39. The largest absolute Gasteiger partial charge is 0.457 e. The van der Waals surface area contributed by atoms with Crippen LogP contribution in [0.3, 0.4) is 0 Å². The molecule has 2 aromatic rings. The van der Waals surface area contributed by atoms with Crippen LogP contribution in [0.1, 0.15) is 12.7 Å². The lowest BCUT2D eigenvalue weighted by molar-refractivity contribution is -0.122. The molecule has 1 saturated heterocycles. The van der Waals surface area contributed by atoms with Gasteiger partial charge in [-0.1, -0.05) is 23.2 Å². The average Bonchev–Trinajstić information content (AvgIpc) is 3.05. The van der Waals surface area contributed by atoms with Crippen LogP contribution in [0.4, 0.5) is 4.79 Å². The van der Waals surface area contributed by atoms with E-state index in [1.165, 1.54) is 6.08 Å². The number of rotatable bonds is 3. The van der Waals surface area contributed by atoms with Gasteiger partial charge in [-0.05, 0) is 37.3 Å².